The third-order valence-corrected chi connectivity index (χ3v) is 4.75. The Bertz CT molecular complexity index is 591. The van der Waals surface area contributed by atoms with E-state index >= 15 is 0 Å². The van der Waals surface area contributed by atoms with Crippen molar-refractivity contribution in [2.45, 2.75) is 37.6 Å². The molecule has 2 aliphatic rings. The van der Waals surface area contributed by atoms with Gasteiger partial charge in [-0.2, -0.15) is 13.2 Å². The number of morpholine rings is 1. The van der Waals surface area contributed by atoms with E-state index in [2.05, 4.69) is 4.98 Å². The standard InChI is InChI=1S/C16H19F3N2O3/c17-16(18,19)14-5-4-10(8-20-14)15(23)21-6-7-24-9-12(21)11-2-1-3-13(11)22/h4-5,8,11-13,22H,1-3,6-7,9H2/t11-,12+,13-/m0/s1. The number of hydrogen-bond donors (Lipinski definition) is 1. The third-order valence-electron chi connectivity index (χ3n) is 4.75. The topological polar surface area (TPSA) is 62.7 Å². The molecule has 3 rings (SSSR count). The highest BCUT2D eigenvalue weighted by Gasteiger charge is 2.40. The van der Waals surface area contributed by atoms with Crippen LogP contribution in [0.5, 0.6) is 0 Å². The maximum Gasteiger partial charge on any atom is 0.433 e. The van der Waals surface area contributed by atoms with Crippen LogP contribution in [0, 0.1) is 5.92 Å². The van der Waals surface area contributed by atoms with Crippen molar-refractivity contribution in [1.82, 2.24) is 9.88 Å². The molecule has 2 fully saturated rings. The number of aliphatic hydroxyl groups excluding tert-OH is 1. The van der Waals surface area contributed by atoms with Crippen LogP contribution in [-0.2, 0) is 10.9 Å². The molecule has 0 unspecified atom stereocenters. The molecule has 1 aliphatic heterocycles. The predicted octanol–water partition coefficient (Wildman–Crippen LogP) is 2.10. The van der Waals surface area contributed by atoms with Crippen molar-refractivity contribution in [3.8, 4) is 0 Å². The summed E-state index contributed by atoms with van der Waals surface area (Å²) in [4.78, 5) is 17.7. The number of nitrogens with zero attached hydrogens (tertiary/aromatic N) is 2. The van der Waals surface area contributed by atoms with Gasteiger partial charge in [0.15, 0.2) is 0 Å². The van der Waals surface area contributed by atoms with Crippen molar-refractivity contribution >= 4 is 5.91 Å². The van der Waals surface area contributed by atoms with Crippen molar-refractivity contribution in [1.29, 1.82) is 0 Å². The number of amides is 1. The van der Waals surface area contributed by atoms with Crippen LogP contribution in [0.25, 0.3) is 0 Å². The lowest BCUT2D eigenvalue weighted by Crippen LogP contribution is -2.53. The minimum atomic E-state index is -4.53. The van der Waals surface area contributed by atoms with Crippen molar-refractivity contribution in [2.24, 2.45) is 5.92 Å². The number of hydrogen-bond acceptors (Lipinski definition) is 4. The molecule has 0 bridgehead atoms. The zero-order valence-electron chi connectivity index (χ0n) is 13.0. The van der Waals surface area contributed by atoms with Gasteiger partial charge in [-0.25, -0.2) is 0 Å². The Kier molecular flexibility index (Phi) is 4.78. The monoisotopic (exact) mass is 344 g/mol. The Morgan fingerprint density at radius 1 is 1.33 bits per heavy atom. The number of aliphatic hydroxyl groups is 1. The second-order valence-corrected chi connectivity index (χ2v) is 6.23. The second kappa shape index (κ2) is 6.68. The van der Waals surface area contributed by atoms with Gasteiger partial charge in [-0.3, -0.25) is 9.78 Å². The van der Waals surface area contributed by atoms with E-state index in [0.717, 1.165) is 31.2 Å². The van der Waals surface area contributed by atoms with Gasteiger partial charge in [0.25, 0.3) is 5.91 Å². The maximum atomic E-state index is 12.7. The minimum absolute atomic E-state index is 0.0587. The molecule has 5 nitrogen and oxygen atoms in total. The van der Waals surface area contributed by atoms with Crippen LogP contribution < -0.4 is 0 Å². The fraction of sp³-hybridized carbons (Fsp3) is 0.625. The Labute approximate surface area is 137 Å². The first-order chi connectivity index (χ1) is 11.4. The van der Waals surface area contributed by atoms with Crippen LogP contribution in [0.4, 0.5) is 13.2 Å². The number of alkyl halides is 3. The van der Waals surface area contributed by atoms with E-state index in [1.165, 1.54) is 0 Å². The van der Waals surface area contributed by atoms with Gasteiger partial charge < -0.3 is 14.7 Å². The number of halogens is 3. The number of ether oxygens (including phenoxy) is 1. The van der Waals surface area contributed by atoms with Gasteiger partial charge in [0, 0.05) is 18.7 Å². The Balaban J connectivity index is 1.79. The maximum absolute atomic E-state index is 12.7. The molecular weight excluding hydrogens is 325 g/mol. The highest BCUT2D eigenvalue weighted by atomic mass is 19.4. The van der Waals surface area contributed by atoms with Crippen molar-refractivity contribution < 1.29 is 27.8 Å². The first-order valence-electron chi connectivity index (χ1n) is 7.98. The van der Waals surface area contributed by atoms with Crippen LogP contribution >= 0.6 is 0 Å². The molecule has 0 radical (unpaired) electrons. The molecule has 1 N–H and O–H groups in total. The number of pyridine rings is 1. The summed E-state index contributed by atoms with van der Waals surface area (Å²) in [5.41, 5.74) is -0.911. The number of carbonyl (C=O) groups excluding carboxylic acids is 1. The van der Waals surface area contributed by atoms with E-state index < -0.39 is 18.0 Å². The quantitative estimate of drug-likeness (QED) is 0.893. The average Bonchev–Trinajstić information content (AvgIpc) is 2.99. The lowest BCUT2D eigenvalue weighted by atomic mass is 9.94. The minimum Gasteiger partial charge on any atom is -0.393 e. The van der Waals surface area contributed by atoms with Crippen LogP contribution in [0.15, 0.2) is 18.3 Å². The van der Waals surface area contributed by atoms with E-state index in [0.29, 0.717) is 26.2 Å². The molecule has 3 atom stereocenters. The molecule has 1 aromatic heterocycles. The number of carbonyl (C=O) groups is 1. The molecule has 1 aromatic rings. The SMILES string of the molecule is O=C(c1ccc(C(F)(F)F)nc1)N1CCOC[C@@H]1[C@@H]1CCC[C@@H]1O. The molecule has 1 saturated carbocycles. The van der Waals surface area contributed by atoms with Crippen molar-refractivity contribution in [2.75, 3.05) is 19.8 Å². The smallest absolute Gasteiger partial charge is 0.393 e. The van der Waals surface area contributed by atoms with Gasteiger partial charge >= 0.3 is 6.18 Å². The van der Waals surface area contributed by atoms with Crippen LogP contribution in [-0.4, -0.2) is 52.8 Å². The molecule has 0 aromatic carbocycles. The van der Waals surface area contributed by atoms with Crippen LogP contribution in [0.2, 0.25) is 0 Å². The molecule has 1 aliphatic carbocycles. The summed E-state index contributed by atoms with van der Waals surface area (Å²) in [6, 6.07) is 1.70. The molecule has 8 heteroatoms. The van der Waals surface area contributed by atoms with Gasteiger partial charge in [0.2, 0.25) is 0 Å². The average molecular weight is 344 g/mol. The van der Waals surface area contributed by atoms with Gasteiger partial charge in [-0.1, -0.05) is 6.42 Å². The van der Waals surface area contributed by atoms with E-state index in [1.807, 2.05) is 0 Å². The highest BCUT2D eigenvalue weighted by Crippen LogP contribution is 2.33. The summed E-state index contributed by atoms with van der Waals surface area (Å²) in [5, 5.41) is 10.1. The summed E-state index contributed by atoms with van der Waals surface area (Å²) in [5.74, 6) is -0.430. The summed E-state index contributed by atoms with van der Waals surface area (Å²) in [6.07, 6.45) is -1.64. The molecule has 1 amide bonds. The van der Waals surface area contributed by atoms with E-state index in [9.17, 15) is 23.1 Å². The van der Waals surface area contributed by atoms with Crippen molar-refractivity contribution in [3.05, 3.63) is 29.6 Å². The van der Waals surface area contributed by atoms with Crippen LogP contribution in [0.1, 0.15) is 35.3 Å². The fourth-order valence-corrected chi connectivity index (χ4v) is 3.50. The molecule has 0 spiro atoms. The molecule has 132 valence electrons. The van der Waals surface area contributed by atoms with Crippen molar-refractivity contribution in [3.63, 3.8) is 0 Å². The third kappa shape index (κ3) is 3.39. The van der Waals surface area contributed by atoms with E-state index in [1.54, 1.807) is 4.90 Å². The molecule has 1 saturated heterocycles. The van der Waals surface area contributed by atoms with E-state index in [-0.39, 0.29) is 23.4 Å². The molecular formula is C16H19F3N2O3. The fourth-order valence-electron chi connectivity index (χ4n) is 3.50. The molecule has 24 heavy (non-hydrogen) atoms. The first kappa shape index (κ1) is 17.2. The van der Waals surface area contributed by atoms with Gasteiger partial charge in [-0.05, 0) is 25.0 Å². The molecule has 2 heterocycles. The lowest BCUT2D eigenvalue weighted by molar-refractivity contribution is -0.141. The predicted molar refractivity (Wildman–Crippen MR) is 78.2 cm³/mol. The van der Waals surface area contributed by atoms with E-state index in [4.69, 9.17) is 4.74 Å². The number of rotatable bonds is 2. The Morgan fingerprint density at radius 2 is 2.12 bits per heavy atom. The summed E-state index contributed by atoms with van der Waals surface area (Å²) >= 11 is 0. The Morgan fingerprint density at radius 3 is 2.71 bits per heavy atom. The first-order valence-corrected chi connectivity index (χ1v) is 7.98. The summed E-state index contributed by atoms with van der Waals surface area (Å²) in [6.45, 7) is 1.06. The van der Waals surface area contributed by atoms with Crippen LogP contribution in [0.3, 0.4) is 0 Å². The largest absolute Gasteiger partial charge is 0.433 e. The normalized spacial score (nSPS) is 28.2. The Hall–Kier alpha value is -1.67. The zero-order chi connectivity index (χ0) is 17.3. The summed E-state index contributed by atoms with van der Waals surface area (Å²) in [7, 11) is 0. The van der Waals surface area contributed by atoms with Gasteiger partial charge in [-0.15, -0.1) is 0 Å². The summed E-state index contributed by atoms with van der Waals surface area (Å²) < 4.78 is 43.2. The number of aromatic nitrogens is 1. The van der Waals surface area contributed by atoms with Gasteiger partial charge in [0.1, 0.15) is 5.69 Å². The zero-order valence-corrected chi connectivity index (χ0v) is 13.0. The lowest BCUT2D eigenvalue weighted by Gasteiger charge is -2.40. The second-order valence-electron chi connectivity index (χ2n) is 6.23. The van der Waals surface area contributed by atoms with Gasteiger partial charge in [0.05, 0.1) is 30.9 Å². The highest BCUT2D eigenvalue weighted by molar-refractivity contribution is 5.94.